The summed E-state index contributed by atoms with van der Waals surface area (Å²) in [5.41, 5.74) is 2.27. The molecule has 0 radical (unpaired) electrons. The Balaban J connectivity index is 1.18. The van der Waals surface area contributed by atoms with E-state index >= 15 is 0 Å². The van der Waals surface area contributed by atoms with Crippen LogP contribution in [0, 0.1) is 17.2 Å². The van der Waals surface area contributed by atoms with Crippen molar-refractivity contribution in [2.24, 2.45) is 10.9 Å². The Morgan fingerprint density at radius 1 is 1.02 bits per heavy atom. The van der Waals surface area contributed by atoms with Gasteiger partial charge in [0.05, 0.1) is 28.9 Å². The third-order valence-electron chi connectivity index (χ3n) is 10.1. The van der Waals surface area contributed by atoms with Crippen LogP contribution in [0.15, 0.2) is 41.5 Å². The highest BCUT2D eigenvalue weighted by atomic mass is 16.6. The molecule has 51 heavy (non-hydrogen) atoms. The van der Waals surface area contributed by atoms with Gasteiger partial charge in [-0.1, -0.05) is 6.42 Å². The topological polar surface area (TPSA) is 149 Å². The monoisotopic (exact) mass is 698 g/mol. The number of nitrogens with one attached hydrogen (secondary N) is 1. The lowest BCUT2D eigenvalue weighted by molar-refractivity contribution is -0.141. The summed E-state index contributed by atoms with van der Waals surface area (Å²) in [7, 11) is 0. The molecule has 0 bridgehead atoms. The maximum absolute atomic E-state index is 13.8. The van der Waals surface area contributed by atoms with Gasteiger partial charge < -0.3 is 28.8 Å². The first-order chi connectivity index (χ1) is 24.5. The van der Waals surface area contributed by atoms with Gasteiger partial charge in [0.25, 0.3) is 5.91 Å². The zero-order valence-electron chi connectivity index (χ0n) is 30.3. The van der Waals surface area contributed by atoms with Crippen molar-refractivity contribution in [2.45, 2.75) is 90.3 Å². The SMILES string of the molecule is C[C@@H]1CN(C(=O)OC(C)(C)C)CCN1C(=O)[C@H]1CC[C@@H](n2/c(=N/C(=O)c3ccc(C#N)cc3)[nH]c3cnc(OCCN4CCCCC4)cc32)CC1. The molecule has 3 aromatic rings. The van der Waals surface area contributed by atoms with Crippen molar-refractivity contribution in [3.05, 3.63) is 53.3 Å². The van der Waals surface area contributed by atoms with Gasteiger partial charge in [0.2, 0.25) is 17.4 Å². The lowest BCUT2D eigenvalue weighted by atomic mass is 9.84. The molecule has 4 heterocycles. The largest absolute Gasteiger partial charge is 0.476 e. The number of imidazole rings is 1. The zero-order valence-corrected chi connectivity index (χ0v) is 30.3. The normalized spacial score (nSPS) is 22.1. The van der Waals surface area contributed by atoms with Crippen molar-refractivity contribution in [3.63, 3.8) is 0 Å². The number of hydrogen-bond donors (Lipinski definition) is 1. The average Bonchev–Trinajstić information content (AvgIpc) is 3.48. The summed E-state index contributed by atoms with van der Waals surface area (Å²) in [4.78, 5) is 58.2. The smallest absolute Gasteiger partial charge is 0.410 e. The number of benzene rings is 1. The fourth-order valence-corrected chi connectivity index (χ4v) is 7.45. The number of amides is 3. The van der Waals surface area contributed by atoms with Gasteiger partial charge in [0.1, 0.15) is 12.2 Å². The lowest BCUT2D eigenvalue weighted by Gasteiger charge is -2.42. The van der Waals surface area contributed by atoms with Crippen LogP contribution in [0.25, 0.3) is 11.0 Å². The number of hydrogen-bond acceptors (Lipinski definition) is 8. The number of nitrogens with zero attached hydrogens (tertiary/aromatic N) is 7. The third-order valence-corrected chi connectivity index (χ3v) is 10.1. The minimum absolute atomic E-state index is 0.0136. The highest BCUT2D eigenvalue weighted by Gasteiger charge is 2.37. The molecule has 2 aliphatic heterocycles. The van der Waals surface area contributed by atoms with E-state index in [0.29, 0.717) is 61.7 Å². The molecule has 1 aromatic carbocycles. The van der Waals surface area contributed by atoms with Crippen molar-refractivity contribution in [3.8, 4) is 11.9 Å². The second kappa shape index (κ2) is 15.7. The van der Waals surface area contributed by atoms with E-state index in [9.17, 15) is 19.6 Å². The van der Waals surface area contributed by atoms with Crippen molar-refractivity contribution >= 4 is 28.9 Å². The molecule has 1 saturated carbocycles. The van der Waals surface area contributed by atoms with E-state index in [4.69, 9.17) is 9.47 Å². The standard InChI is InChI=1S/C38H50N8O5/c1-26-25-44(37(49)51-38(2,3)4)18-19-45(26)35(48)29-12-14-30(15-13-29)46-32-22-33(50-21-20-43-16-6-5-7-17-43)40-24-31(32)41-36(46)42-34(47)28-10-8-27(23-39)9-11-28/h8-11,22,24,26,29-30H,5-7,12-21,25H2,1-4H3,(H,41,42,47)/t26-,29-,30+/m1/s1. The number of likely N-dealkylation sites (tertiary alicyclic amines) is 1. The number of H-pyrrole nitrogens is 1. The Hall–Kier alpha value is -4.70. The number of carbonyl (C=O) groups is 3. The summed E-state index contributed by atoms with van der Waals surface area (Å²) in [5, 5.41) is 9.18. The number of pyridine rings is 1. The molecular weight excluding hydrogens is 648 g/mol. The van der Waals surface area contributed by atoms with Gasteiger partial charge >= 0.3 is 6.09 Å². The summed E-state index contributed by atoms with van der Waals surface area (Å²) >= 11 is 0. The predicted octanol–water partition coefficient (Wildman–Crippen LogP) is 5.04. The summed E-state index contributed by atoms with van der Waals surface area (Å²) in [6.07, 6.45) is 7.93. The minimum atomic E-state index is -0.573. The third kappa shape index (κ3) is 8.79. The van der Waals surface area contributed by atoms with Crippen LogP contribution in [-0.4, -0.2) is 105 Å². The first-order valence-electron chi connectivity index (χ1n) is 18.3. The zero-order chi connectivity index (χ0) is 36.1. The molecule has 3 fully saturated rings. The molecule has 1 N–H and O–H groups in total. The maximum atomic E-state index is 13.8. The van der Waals surface area contributed by atoms with E-state index in [2.05, 4.69) is 30.5 Å². The first kappa shape index (κ1) is 36.1. The van der Waals surface area contributed by atoms with Gasteiger partial charge in [-0.25, -0.2) is 9.78 Å². The Morgan fingerprint density at radius 2 is 1.75 bits per heavy atom. The number of aromatic nitrogens is 3. The van der Waals surface area contributed by atoms with Crippen molar-refractivity contribution in [1.82, 2.24) is 29.2 Å². The van der Waals surface area contributed by atoms with Crippen LogP contribution in [0.5, 0.6) is 5.88 Å². The van der Waals surface area contributed by atoms with E-state index in [1.165, 1.54) is 19.3 Å². The average molecular weight is 699 g/mol. The molecule has 2 aromatic heterocycles. The van der Waals surface area contributed by atoms with Gasteiger partial charge in [0.15, 0.2) is 0 Å². The number of rotatable bonds is 7. The number of nitriles is 1. The molecule has 3 aliphatic rings. The predicted molar refractivity (Wildman–Crippen MR) is 191 cm³/mol. The summed E-state index contributed by atoms with van der Waals surface area (Å²) in [5.74, 6) is 0.0940. The second-order valence-electron chi connectivity index (χ2n) is 15.0. The van der Waals surface area contributed by atoms with E-state index in [-0.39, 0.29) is 30.0 Å². The number of piperidine rings is 1. The van der Waals surface area contributed by atoms with Gasteiger partial charge in [-0.15, -0.1) is 0 Å². The fourth-order valence-electron chi connectivity index (χ4n) is 7.45. The number of piperazine rings is 1. The van der Waals surface area contributed by atoms with E-state index in [0.717, 1.165) is 43.5 Å². The number of fused-ring (bicyclic) bond motifs is 1. The van der Waals surface area contributed by atoms with E-state index in [1.54, 1.807) is 35.4 Å². The van der Waals surface area contributed by atoms with Gasteiger partial charge in [-0.05, 0) is 104 Å². The summed E-state index contributed by atoms with van der Waals surface area (Å²) in [6, 6.07) is 10.3. The minimum Gasteiger partial charge on any atom is -0.476 e. The van der Waals surface area contributed by atoms with Crippen molar-refractivity contribution < 1.29 is 23.9 Å². The van der Waals surface area contributed by atoms with Crippen molar-refractivity contribution in [2.75, 3.05) is 45.9 Å². The molecule has 13 nitrogen and oxygen atoms in total. The van der Waals surface area contributed by atoms with Gasteiger partial charge in [-0.2, -0.15) is 10.3 Å². The van der Waals surface area contributed by atoms with Crippen LogP contribution in [0.2, 0.25) is 0 Å². The number of carbonyl (C=O) groups excluding carboxylic acids is 3. The molecular formula is C38H50N8O5. The van der Waals surface area contributed by atoms with Crippen LogP contribution in [0.1, 0.15) is 94.6 Å². The van der Waals surface area contributed by atoms with Crippen LogP contribution in [0.3, 0.4) is 0 Å². The first-order valence-corrected chi connectivity index (χ1v) is 18.3. The van der Waals surface area contributed by atoms with E-state index < -0.39 is 11.5 Å². The van der Waals surface area contributed by atoms with Crippen LogP contribution >= 0.6 is 0 Å². The molecule has 0 unspecified atom stereocenters. The summed E-state index contributed by atoms with van der Waals surface area (Å²) < 4.78 is 13.8. The Kier molecular flexibility index (Phi) is 11.1. The Labute approximate surface area is 299 Å². The van der Waals surface area contributed by atoms with Crippen molar-refractivity contribution in [1.29, 1.82) is 5.26 Å². The van der Waals surface area contributed by atoms with Crippen LogP contribution < -0.4 is 10.4 Å². The van der Waals surface area contributed by atoms with Crippen LogP contribution in [-0.2, 0) is 9.53 Å². The van der Waals surface area contributed by atoms with Gasteiger partial charge in [0, 0.05) is 55.8 Å². The number of ether oxygens (including phenoxy) is 2. The maximum Gasteiger partial charge on any atom is 0.410 e. The van der Waals surface area contributed by atoms with E-state index in [1.807, 2.05) is 38.7 Å². The summed E-state index contributed by atoms with van der Waals surface area (Å²) in [6.45, 7) is 12.5. The Morgan fingerprint density at radius 3 is 2.41 bits per heavy atom. The molecule has 0 spiro atoms. The highest BCUT2D eigenvalue weighted by molar-refractivity contribution is 5.95. The highest BCUT2D eigenvalue weighted by Crippen LogP contribution is 2.35. The van der Waals surface area contributed by atoms with Gasteiger partial charge in [-0.3, -0.25) is 14.5 Å². The second-order valence-corrected chi connectivity index (χ2v) is 15.0. The quantitative estimate of drug-likeness (QED) is 0.361. The lowest BCUT2D eigenvalue weighted by Crippen LogP contribution is -2.57. The molecule has 1 aliphatic carbocycles. The molecule has 1 atom stereocenters. The Bertz CT molecular complexity index is 1820. The molecule has 3 amide bonds. The number of aromatic amines is 1. The van der Waals surface area contributed by atoms with Crippen LogP contribution in [0.4, 0.5) is 4.79 Å². The molecule has 13 heteroatoms. The molecule has 6 rings (SSSR count). The molecule has 2 saturated heterocycles. The fraction of sp³-hybridized carbons (Fsp3) is 0.579. The molecule has 272 valence electrons.